The molecular formula is C12H25NO2. The molecule has 1 atom stereocenters. The second kappa shape index (κ2) is 6.11. The van der Waals surface area contributed by atoms with Crippen LogP contribution in [0.2, 0.25) is 0 Å². The number of nitrogens with zero attached hydrogens (tertiary/aromatic N) is 1. The Morgan fingerprint density at radius 3 is 2.27 bits per heavy atom. The van der Waals surface area contributed by atoms with Crippen LogP contribution in [0.4, 0.5) is 0 Å². The fourth-order valence-corrected chi connectivity index (χ4v) is 1.36. The van der Waals surface area contributed by atoms with Gasteiger partial charge in [-0.3, -0.25) is 4.79 Å². The Morgan fingerprint density at radius 1 is 1.40 bits per heavy atom. The third kappa shape index (κ3) is 4.65. The molecule has 0 saturated carbocycles. The Hall–Kier alpha value is -0.570. The van der Waals surface area contributed by atoms with Gasteiger partial charge in [0.25, 0.3) is 0 Å². The summed E-state index contributed by atoms with van der Waals surface area (Å²) in [7, 11) is 1.66. The molecule has 3 nitrogen and oxygen atoms in total. The molecule has 3 heteroatoms. The Morgan fingerprint density at radius 2 is 1.93 bits per heavy atom. The number of rotatable bonds is 5. The Balaban J connectivity index is 4.55. The number of hydrogen-bond donors (Lipinski definition) is 0. The number of methoxy groups -OCH3 is 1. The minimum atomic E-state index is -0.308. The molecule has 0 aromatic carbocycles. The van der Waals surface area contributed by atoms with E-state index in [0.29, 0.717) is 13.2 Å². The molecule has 0 aliphatic carbocycles. The van der Waals surface area contributed by atoms with E-state index < -0.39 is 0 Å². The molecule has 15 heavy (non-hydrogen) atoms. The van der Waals surface area contributed by atoms with Gasteiger partial charge >= 0.3 is 0 Å². The zero-order valence-electron chi connectivity index (χ0n) is 11.0. The summed E-state index contributed by atoms with van der Waals surface area (Å²) in [5.41, 5.74) is -0.308. The summed E-state index contributed by atoms with van der Waals surface area (Å²) in [5.74, 6) is 0.203. The van der Waals surface area contributed by atoms with Crippen LogP contribution in [0.1, 0.15) is 41.0 Å². The van der Waals surface area contributed by atoms with Gasteiger partial charge in [-0.15, -0.1) is 0 Å². The normalized spacial score (nSPS) is 13.7. The molecule has 0 bridgehead atoms. The predicted octanol–water partition coefficient (Wildman–Crippen LogP) is 2.31. The quantitative estimate of drug-likeness (QED) is 0.704. The second-order valence-corrected chi connectivity index (χ2v) is 5.00. The van der Waals surface area contributed by atoms with Crippen LogP contribution in [-0.2, 0) is 9.53 Å². The third-order valence-corrected chi connectivity index (χ3v) is 2.56. The Labute approximate surface area is 93.8 Å². The first-order valence-electron chi connectivity index (χ1n) is 5.64. The van der Waals surface area contributed by atoms with Gasteiger partial charge in [-0.2, -0.15) is 0 Å². The van der Waals surface area contributed by atoms with Gasteiger partial charge in [-0.05, 0) is 13.3 Å². The molecule has 0 fully saturated rings. The Bertz CT molecular complexity index is 196. The highest BCUT2D eigenvalue weighted by Crippen LogP contribution is 2.19. The summed E-state index contributed by atoms with van der Waals surface area (Å²) in [6, 6.07) is 0.284. The zero-order chi connectivity index (χ0) is 12.1. The molecule has 0 aromatic heterocycles. The molecule has 0 aliphatic rings. The van der Waals surface area contributed by atoms with E-state index in [-0.39, 0.29) is 17.4 Å². The second-order valence-electron chi connectivity index (χ2n) is 5.00. The van der Waals surface area contributed by atoms with Crippen LogP contribution >= 0.6 is 0 Å². The van der Waals surface area contributed by atoms with Crippen LogP contribution in [0.25, 0.3) is 0 Å². The number of ether oxygens (including phenoxy) is 1. The number of amides is 1. The van der Waals surface area contributed by atoms with Gasteiger partial charge in [0.1, 0.15) is 0 Å². The molecule has 0 spiro atoms. The van der Waals surface area contributed by atoms with Crippen molar-refractivity contribution in [3.63, 3.8) is 0 Å². The van der Waals surface area contributed by atoms with Crippen molar-refractivity contribution in [1.29, 1.82) is 0 Å². The van der Waals surface area contributed by atoms with Gasteiger partial charge in [-0.1, -0.05) is 27.7 Å². The molecule has 1 amide bonds. The van der Waals surface area contributed by atoms with Gasteiger partial charge in [0, 0.05) is 25.1 Å². The van der Waals surface area contributed by atoms with E-state index in [2.05, 4.69) is 13.8 Å². The lowest BCUT2D eigenvalue weighted by molar-refractivity contribution is -0.142. The lowest BCUT2D eigenvalue weighted by Gasteiger charge is -2.33. The van der Waals surface area contributed by atoms with Crippen LogP contribution in [0, 0.1) is 5.41 Å². The number of carbonyl (C=O) groups excluding carboxylic acids is 1. The van der Waals surface area contributed by atoms with Gasteiger partial charge in [0.05, 0.1) is 6.61 Å². The van der Waals surface area contributed by atoms with Crippen molar-refractivity contribution >= 4 is 5.91 Å². The summed E-state index contributed by atoms with van der Waals surface area (Å²) in [6.07, 6.45) is 0.978. The van der Waals surface area contributed by atoms with Crippen molar-refractivity contribution in [2.75, 3.05) is 20.3 Å². The van der Waals surface area contributed by atoms with E-state index in [0.717, 1.165) is 6.42 Å². The average Bonchev–Trinajstić information content (AvgIpc) is 2.16. The highest BCUT2D eigenvalue weighted by atomic mass is 16.5. The van der Waals surface area contributed by atoms with E-state index in [4.69, 9.17) is 4.74 Å². The summed E-state index contributed by atoms with van der Waals surface area (Å²) in [4.78, 5) is 14.1. The number of hydrogen-bond acceptors (Lipinski definition) is 2. The standard InChI is InChI=1S/C12H25NO2/c1-7-10(2)13(8-9-15-6)11(14)12(3,4)5/h10H,7-9H2,1-6H3. The summed E-state index contributed by atoms with van der Waals surface area (Å²) in [5, 5.41) is 0. The molecular weight excluding hydrogens is 190 g/mol. The molecule has 0 saturated heterocycles. The minimum Gasteiger partial charge on any atom is -0.383 e. The van der Waals surface area contributed by atoms with Crippen LogP contribution in [0.3, 0.4) is 0 Å². The van der Waals surface area contributed by atoms with Crippen LogP contribution in [-0.4, -0.2) is 37.1 Å². The maximum absolute atomic E-state index is 12.1. The van der Waals surface area contributed by atoms with Crippen molar-refractivity contribution in [2.24, 2.45) is 5.41 Å². The molecule has 1 unspecified atom stereocenters. The van der Waals surface area contributed by atoms with Crippen LogP contribution < -0.4 is 0 Å². The average molecular weight is 215 g/mol. The van der Waals surface area contributed by atoms with Gasteiger partial charge < -0.3 is 9.64 Å². The molecule has 0 heterocycles. The minimum absolute atomic E-state index is 0.203. The maximum Gasteiger partial charge on any atom is 0.228 e. The molecule has 0 radical (unpaired) electrons. The van der Waals surface area contributed by atoms with E-state index in [9.17, 15) is 4.79 Å². The first-order chi connectivity index (χ1) is 6.84. The van der Waals surface area contributed by atoms with Crippen molar-refractivity contribution in [3.8, 4) is 0 Å². The van der Waals surface area contributed by atoms with Gasteiger partial charge in [0.15, 0.2) is 0 Å². The fraction of sp³-hybridized carbons (Fsp3) is 0.917. The molecule has 0 aliphatic heterocycles. The first kappa shape index (κ1) is 14.4. The summed E-state index contributed by atoms with van der Waals surface area (Å²) < 4.78 is 5.04. The lowest BCUT2D eigenvalue weighted by Crippen LogP contribution is -2.46. The predicted molar refractivity (Wildman–Crippen MR) is 62.8 cm³/mol. The largest absolute Gasteiger partial charge is 0.383 e. The van der Waals surface area contributed by atoms with E-state index in [1.54, 1.807) is 7.11 Å². The third-order valence-electron chi connectivity index (χ3n) is 2.56. The van der Waals surface area contributed by atoms with Crippen molar-refractivity contribution < 1.29 is 9.53 Å². The molecule has 0 rings (SSSR count). The molecule has 90 valence electrons. The van der Waals surface area contributed by atoms with Crippen LogP contribution in [0.15, 0.2) is 0 Å². The topological polar surface area (TPSA) is 29.5 Å². The number of carbonyl (C=O) groups is 1. The highest BCUT2D eigenvalue weighted by molar-refractivity contribution is 5.81. The van der Waals surface area contributed by atoms with E-state index >= 15 is 0 Å². The molecule has 0 N–H and O–H groups in total. The monoisotopic (exact) mass is 215 g/mol. The Kier molecular flexibility index (Phi) is 5.88. The lowest BCUT2D eigenvalue weighted by atomic mass is 9.93. The van der Waals surface area contributed by atoms with Crippen molar-refractivity contribution in [1.82, 2.24) is 4.90 Å². The van der Waals surface area contributed by atoms with E-state index in [1.807, 2.05) is 25.7 Å². The summed E-state index contributed by atoms with van der Waals surface area (Å²) >= 11 is 0. The smallest absolute Gasteiger partial charge is 0.228 e. The SMILES string of the molecule is CCC(C)N(CCOC)C(=O)C(C)(C)C. The zero-order valence-corrected chi connectivity index (χ0v) is 11.0. The highest BCUT2D eigenvalue weighted by Gasteiger charge is 2.29. The van der Waals surface area contributed by atoms with Crippen molar-refractivity contribution in [3.05, 3.63) is 0 Å². The van der Waals surface area contributed by atoms with Gasteiger partial charge in [-0.25, -0.2) is 0 Å². The fourth-order valence-electron chi connectivity index (χ4n) is 1.36. The van der Waals surface area contributed by atoms with Gasteiger partial charge in [0.2, 0.25) is 5.91 Å². The maximum atomic E-state index is 12.1. The molecule has 0 aromatic rings. The van der Waals surface area contributed by atoms with E-state index in [1.165, 1.54) is 0 Å². The van der Waals surface area contributed by atoms with Crippen LogP contribution in [0.5, 0.6) is 0 Å². The summed E-state index contributed by atoms with van der Waals surface area (Å²) in [6.45, 7) is 11.3. The van der Waals surface area contributed by atoms with Crippen molar-refractivity contribution in [2.45, 2.75) is 47.1 Å². The first-order valence-corrected chi connectivity index (χ1v) is 5.64.